The zero-order valence-electron chi connectivity index (χ0n) is 14.6. The fourth-order valence-corrected chi connectivity index (χ4v) is 4.04. The fraction of sp³-hybridized carbons (Fsp3) is 0.824. The molecule has 0 unspecified atom stereocenters. The van der Waals surface area contributed by atoms with E-state index in [0.29, 0.717) is 17.9 Å². The van der Waals surface area contributed by atoms with E-state index in [2.05, 4.69) is 26.9 Å². The minimum absolute atomic E-state index is 0.193. The second kappa shape index (κ2) is 6.44. The smallest absolute Gasteiger partial charge is 0.230 e. The molecule has 0 N–H and O–H groups in total. The molecule has 1 aromatic rings. The van der Waals surface area contributed by atoms with Gasteiger partial charge in [0, 0.05) is 58.2 Å². The van der Waals surface area contributed by atoms with Crippen molar-refractivity contribution in [3.8, 4) is 0 Å². The predicted molar refractivity (Wildman–Crippen MR) is 88.3 cm³/mol. The molecule has 7 nitrogen and oxygen atoms in total. The Labute approximate surface area is 143 Å². The molecular formula is C17H27N5O2. The molecule has 0 spiro atoms. The van der Waals surface area contributed by atoms with E-state index in [1.54, 1.807) is 6.92 Å². The lowest BCUT2D eigenvalue weighted by atomic mass is 10.0. The number of amides is 1. The first kappa shape index (κ1) is 16.0. The first-order valence-corrected chi connectivity index (χ1v) is 9.14. The number of hydrogen-bond acceptors (Lipinski definition) is 6. The lowest BCUT2D eigenvalue weighted by Crippen LogP contribution is -2.53. The molecule has 3 aliphatic rings. The van der Waals surface area contributed by atoms with Crippen molar-refractivity contribution in [2.24, 2.45) is 5.92 Å². The Kier molecular flexibility index (Phi) is 4.30. The Morgan fingerprint density at radius 2 is 1.92 bits per heavy atom. The summed E-state index contributed by atoms with van der Waals surface area (Å²) in [6.45, 7) is 10.5. The van der Waals surface area contributed by atoms with Gasteiger partial charge in [-0.25, -0.2) is 0 Å². The molecule has 4 rings (SSSR count). The zero-order valence-corrected chi connectivity index (χ0v) is 14.6. The average molecular weight is 333 g/mol. The summed E-state index contributed by atoms with van der Waals surface area (Å²) in [6, 6.07) is 0.560. The van der Waals surface area contributed by atoms with E-state index >= 15 is 0 Å². The fourth-order valence-electron chi connectivity index (χ4n) is 4.04. The van der Waals surface area contributed by atoms with Crippen molar-refractivity contribution in [3.05, 3.63) is 11.8 Å². The number of rotatable bonds is 4. The Morgan fingerprint density at radius 3 is 2.58 bits per heavy atom. The standard InChI is InChI=1S/C17H27N5O2/c1-12-9-20(11-16-18-19-17(24-16)14-3-4-14)10-15(12)22-7-5-21(6-8-22)13(2)23/h12,14-15H,3-11H2,1-2H3/t12-,15+/m0/s1. The molecule has 3 heterocycles. The number of hydrogen-bond donors (Lipinski definition) is 0. The number of carbonyl (C=O) groups excluding carboxylic acids is 1. The van der Waals surface area contributed by atoms with Gasteiger partial charge in [-0.15, -0.1) is 10.2 Å². The van der Waals surface area contributed by atoms with Crippen LogP contribution in [0.2, 0.25) is 0 Å². The Morgan fingerprint density at radius 1 is 1.17 bits per heavy atom. The second-order valence-electron chi connectivity index (χ2n) is 7.59. The lowest BCUT2D eigenvalue weighted by Gasteiger charge is -2.39. The van der Waals surface area contributed by atoms with Gasteiger partial charge in [-0.05, 0) is 18.8 Å². The van der Waals surface area contributed by atoms with Gasteiger partial charge in [0.2, 0.25) is 17.7 Å². The van der Waals surface area contributed by atoms with Crippen molar-refractivity contribution in [2.45, 2.75) is 45.2 Å². The molecule has 7 heteroatoms. The van der Waals surface area contributed by atoms with E-state index in [1.807, 2.05) is 4.90 Å². The highest BCUT2D eigenvalue weighted by Crippen LogP contribution is 2.39. The summed E-state index contributed by atoms with van der Waals surface area (Å²) in [7, 11) is 0. The van der Waals surface area contributed by atoms with Crippen molar-refractivity contribution < 1.29 is 9.21 Å². The Hall–Kier alpha value is -1.47. The van der Waals surface area contributed by atoms with Crippen LogP contribution in [0.3, 0.4) is 0 Å². The van der Waals surface area contributed by atoms with Crippen LogP contribution in [0.4, 0.5) is 0 Å². The minimum Gasteiger partial charge on any atom is -0.424 e. The molecule has 2 saturated heterocycles. The summed E-state index contributed by atoms with van der Waals surface area (Å²) in [5.74, 6) is 2.92. The first-order valence-electron chi connectivity index (χ1n) is 9.14. The molecular weight excluding hydrogens is 306 g/mol. The van der Waals surface area contributed by atoms with Crippen LogP contribution in [0.1, 0.15) is 44.4 Å². The van der Waals surface area contributed by atoms with Crippen LogP contribution in [0, 0.1) is 5.92 Å². The van der Waals surface area contributed by atoms with Crippen molar-refractivity contribution in [1.29, 1.82) is 0 Å². The topological polar surface area (TPSA) is 65.7 Å². The maximum Gasteiger partial charge on any atom is 0.230 e. The van der Waals surface area contributed by atoms with Gasteiger partial charge in [0.25, 0.3) is 0 Å². The molecule has 2 aliphatic heterocycles. The normalized spacial score (nSPS) is 29.3. The quantitative estimate of drug-likeness (QED) is 0.817. The third-order valence-corrected chi connectivity index (χ3v) is 5.64. The van der Waals surface area contributed by atoms with Crippen LogP contribution in [0.15, 0.2) is 4.42 Å². The molecule has 0 radical (unpaired) electrons. The van der Waals surface area contributed by atoms with E-state index in [4.69, 9.17) is 4.42 Å². The minimum atomic E-state index is 0.193. The highest BCUT2D eigenvalue weighted by molar-refractivity contribution is 5.73. The maximum atomic E-state index is 11.5. The molecule has 0 bridgehead atoms. The van der Waals surface area contributed by atoms with Gasteiger partial charge in [0.1, 0.15) is 0 Å². The van der Waals surface area contributed by atoms with E-state index in [9.17, 15) is 4.79 Å². The number of nitrogens with zero attached hydrogens (tertiary/aromatic N) is 5. The number of likely N-dealkylation sites (tertiary alicyclic amines) is 1. The lowest BCUT2D eigenvalue weighted by molar-refractivity contribution is -0.130. The van der Waals surface area contributed by atoms with Crippen molar-refractivity contribution in [2.75, 3.05) is 39.3 Å². The van der Waals surface area contributed by atoms with Crippen LogP contribution in [0.25, 0.3) is 0 Å². The molecule has 1 amide bonds. The molecule has 132 valence electrons. The number of piperazine rings is 1. The van der Waals surface area contributed by atoms with Gasteiger partial charge >= 0.3 is 0 Å². The van der Waals surface area contributed by atoms with Gasteiger partial charge in [-0.3, -0.25) is 14.6 Å². The molecule has 1 saturated carbocycles. The van der Waals surface area contributed by atoms with Crippen LogP contribution in [-0.4, -0.2) is 76.1 Å². The summed E-state index contributed by atoms with van der Waals surface area (Å²) in [6.07, 6.45) is 2.38. The van der Waals surface area contributed by atoms with Crippen LogP contribution in [-0.2, 0) is 11.3 Å². The molecule has 24 heavy (non-hydrogen) atoms. The third kappa shape index (κ3) is 3.32. The Bertz CT molecular complexity index is 592. The largest absolute Gasteiger partial charge is 0.424 e. The van der Waals surface area contributed by atoms with Crippen molar-refractivity contribution >= 4 is 5.91 Å². The molecule has 0 aromatic carbocycles. The highest BCUT2D eigenvalue weighted by atomic mass is 16.4. The average Bonchev–Trinajstić information content (AvgIpc) is 3.21. The van der Waals surface area contributed by atoms with Gasteiger partial charge in [-0.2, -0.15) is 0 Å². The van der Waals surface area contributed by atoms with Crippen LogP contribution in [0.5, 0.6) is 0 Å². The first-order chi connectivity index (χ1) is 11.6. The zero-order chi connectivity index (χ0) is 16.7. The second-order valence-corrected chi connectivity index (χ2v) is 7.59. The number of aromatic nitrogens is 2. The molecule has 1 aliphatic carbocycles. The van der Waals surface area contributed by atoms with E-state index < -0.39 is 0 Å². The molecule has 3 fully saturated rings. The molecule has 2 atom stereocenters. The molecule has 1 aromatic heterocycles. The van der Waals surface area contributed by atoms with E-state index in [1.165, 1.54) is 12.8 Å². The SMILES string of the molecule is CC(=O)N1CCN([C@@H]2CN(Cc3nnc(C4CC4)o3)C[C@@H]2C)CC1. The monoisotopic (exact) mass is 333 g/mol. The third-order valence-electron chi connectivity index (χ3n) is 5.64. The van der Waals surface area contributed by atoms with Gasteiger partial charge in [-0.1, -0.05) is 6.92 Å². The summed E-state index contributed by atoms with van der Waals surface area (Å²) in [4.78, 5) is 18.4. The van der Waals surface area contributed by atoms with Crippen molar-refractivity contribution in [3.63, 3.8) is 0 Å². The summed E-state index contributed by atoms with van der Waals surface area (Å²) < 4.78 is 5.80. The van der Waals surface area contributed by atoms with Crippen LogP contribution >= 0.6 is 0 Å². The Balaban J connectivity index is 1.31. The van der Waals surface area contributed by atoms with Gasteiger partial charge < -0.3 is 9.32 Å². The summed E-state index contributed by atoms with van der Waals surface area (Å²) in [5.41, 5.74) is 0. The van der Waals surface area contributed by atoms with Crippen LogP contribution < -0.4 is 0 Å². The van der Waals surface area contributed by atoms with Gasteiger partial charge in [0.15, 0.2) is 0 Å². The number of carbonyl (C=O) groups is 1. The predicted octanol–water partition coefficient (Wildman–Crippen LogP) is 0.931. The summed E-state index contributed by atoms with van der Waals surface area (Å²) >= 11 is 0. The van der Waals surface area contributed by atoms with Gasteiger partial charge in [0.05, 0.1) is 6.54 Å². The highest BCUT2D eigenvalue weighted by Gasteiger charge is 2.36. The maximum absolute atomic E-state index is 11.5. The van der Waals surface area contributed by atoms with Crippen molar-refractivity contribution in [1.82, 2.24) is 24.9 Å². The van der Waals surface area contributed by atoms with E-state index in [-0.39, 0.29) is 5.91 Å². The van der Waals surface area contributed by atoms with E-state index in [0.717, 1.165) is 57.6 Å². The summed E-state index contributed by atoms with van der Waals surface area (Å²) in [5, 5.41) is 8.40.